The summed E-state index contributed by atoms with van der Waals surface area (Å²) >= 11 is 0. The number of guanidine groups is 1. The van der Waals surface area contributed by atoms with Crippen LogP contribution in [0.1, 0.15) is 18.9 Å². The largest absolute Gasteiger partial charge is 0.489 e. The summed E-state index contributed by atoms with van der Waals surface area (Å²) in [5.74, 6) is 1.64. The van der Waals surface area contributed by atoms with E-state index in [-0.39, 0.29) is 36.0 Å². The minimum atomic E-state index is -4.13. The van der Waals surface area contributed by atoms with Crippen LogP contribution in [0.4, 0.5) is 13.2 Å². The third-order valence-electron chi connectivity index (χ3n) is 4.44. The predicted octanol–water partition coefficient (Wildman–Crippen LogP) is 3.43. The first-order chi connectivity index (χ1) is 12.7. The molecule has 2 rings (SSSR count). The third-order valence-corrected chi connectivity index (χ3v) is 4.44. The van der Waals surface area contributed by atoms with Crippen molar-refractivity contribution in [2.75, 3.05) is 39.8 Å². The molecule has 1 aliphatic rings. The molecule has 2 N–H and O–H groups in total. The highest BCUT2D eigenvalue weighted by atomic mass is 127. The van der Waals surface area contributed by atoms with Crippen LogP contribution in [0.3, 0.4) is 0 Å². The van der Waals surface area contributed by atoms with Crippen molar-refractivity contribution in [3.05, 3.63) is 29.8 Å². The van der Waals surface area contributed by atoms with Gasteiger partial charge >= 0.3 is 6.18 Å². The van der Waals surface area contributed by atoms with Gasteiger partial charge in [-0.25, -0.2) is 0 Å². The zero-order valence-electron chi connectivity index (χ0n) is 16.6. The van der Waals surface area contributed by atoms with Crippen LogP contribution in [-0.2, 0) is 0 Å². The van der Waals surface area contributed by atoms with Gasteiger partial charge < -0.3 is 15.4 Å². The molecule has 0 spiro atoms. The van der Waals surface area contributed by atoms with E-state index in [4.69, 9.17) is 4.74 Å². The van der Waals surface area contributed by atoms with Gasteiger partial charge in [0.15, 0.2) is 5.96 Å². The van der Waals surface area contributed by atoms with Gasteiger partial charge in [0, 0.05) is 20.1 Å². The summed E-state index contributed by atoms with van der Waals surface area (Å²) in [7, 11) is 1.67. The number of alkyl halides is 3. The first kappa shape index (κ1) is 24.8. The Hall–Kier alpha value is -1.23. The molecular weight excluding hydrogens is 484 g/mol. The van der Waals surface area contributed by atoms with Gasteiger partial charge in [0.25, 0.3) is 0 Å². The molecule has 1 saturated heterocycles. The van der Waals surface area contributed by atoms with Crippen molar-refractivity contribution in [3.63, 3.8) is 0 Å². The summed E-state index contributed by atoms with van der Waals surface area (Å²) in [4.78, 5) is 5.62. The second-order valence-corrected chi connectivity index (χ2v) is 7.08. The molecule has 1 aliphatic heterocycles. The summed E-state index contributed by atoms with van der Waals surface area (Å²) in [5.41, 5.74) is 1.14. The summed E-state index contributed by atoms with van der Waals surface area (Å²) in [6, 6.07) is 7.87. The van der Waals surface area contributed by atoms with Crippen LogP contribution in [0.15, 0.2) is 29.3 Å². The molecule has 0 bridgehead atoms. The van der Waals surface area contributed by atoms with E-state index in [1.807, 2.05) is 38.1 Å². The molecule has 1 aromatic rings. The van der Waals surface area contributed by atoms with E-state index in [2.05, 4.69) is 15.6 Å². The zero-order chi connectivity index (χ0) is 19.9. The number of aliphatic imine (C=N–C) groups is 1. The monoisotopic (exact) mass is 514 g/mol. The standard InChI is InChI=1S/C19H29F3N4O.HI/c1-14-5-4-6-17(9-14)27-15(2)10-24-18(23-3)25-11-16-7-8-26(12-16)13-19(20,21)22;/h4-6,9,15-16H,7-8,10-13H2,1-3H3,(H2,23,24,25);1H. The predicted molar refractivity (Wildman–Crippen MR) is 117 cm³/mol. The molecule has 1 fully saturated rings. The van der Waals surface area contributed by atoms with Crippen LogP contribution in [-0.4, -0.2) is 62.9 Å². The Balaban J connectivity index is 0.00000392. The first-order valence-corrected chi connectivity index (χ1v) is 9.22. The first-order valence-electron chi connectivity index (χ1n) is 9.22. The number of hydrogen-bond donors (Lipinski definition) is 2. The van der Waals surface area contributed by atoms with Gasteiger partial charge in [0.1, 0.15) is 11.9 Å². The second kappa shape index (κ2) is 11.7. The van der Waals surface area contributed by atoms with Crippen LogP contribution in [0, 0.1) is 12.8 Å². The zero-order valence-corrected chi connectivity index (χ0v) is 18.9. The molecule has 5 nitrogen and oxygen atoms in total. The lowest BCUT2D eigenvalue weighted by atomic mass is 10.1. The summed E-state index contributed by atoms with van der Waals surface area (Å²) in [5, 5.41) is 6.40. The van der Waals surface area contributed by atoms with Crippen LogP contribution in [0.25, 0.3) is 0 Å². The lowest BCUT2D eigenvalue weighted by Gasteiger charge is -2.20. The fraction of sp³-hybridized carbons (Fsp3) is 0.632. The number of halogens is 4. The van der Waals surface area contributed by atoms with Gasteiger partial charge in [0.2, 0.25) is 0 Å². The average molecular weight is 514 g/mol. The SMILES string of the molecule is CN=C(NCC1CCN(CC(F)(F)F)C1)NCC(C)Oc1cccc(C)c1.I. The molecule has 2 atom stereocenters. The molecule has 0 radical (unpaired) electrons. The molecule has 0 aromatic heterocycles. The molecule has 160 valence electrons. The van der Waals surface area contributed by atoms with Crippen molar-refractivity contribution in [2.24, 2.45) is 10.9 Å². The number of ether oxygens (including phenoxy) is 1. The van der Waals surface area contributed by atoms with E-state index < -0.39 is 12.7 Å². The summed E-state index contributed by atoms with van der Waals surface area (Å²) in [6.07, 6.45) is -3.43. The van der Waals surface area contributed by atoms with Gasteiger partial charge in [-0.15, -0.1) is 24.0 Å². The highest BCUT2D eigenvalue weighted by molar-refractivity contribution is 14.0. The van der Waals surface area contributed by atoms with Gasteiger partial charge in [-0.1, -0.05) is 12.1 Å². The Kier molecular flexibility index (Phi) is 10.4. The Labute approximate surface area is 182 Å². The number of nitrogens with zero attached hydrogens (tertiary/aromatic N) is 2. The Morgan fingerprint density at radius 1 is 1.36 bits per heavy atom. The lowest BCUT2D eigenvalue weighted by Crippen LogP contribution is -2.43. The molecule has 9 heteroatoms. The Bertz CT molecular complexity index is 627. The van der Waals surface area contributed by atoms with E-state index in [0.717, 1.165) is 17.7 Å². The highest BCUT2D eigenvalue weighted by Crippen LogP contribution is 2.22. The molecule has 2 unspecified atom stereocenters. The number of benzene rings is 1. The van der Waals surface area contributed by atoms with Crippen LogP contribution in [0.2, 0.25) is 0 Å². The van der Waals surface area contributed by atoms with E-state index in [9.17, 15) is 13.2 Å². The molecule has 28 heavy (non-hydrogen) atoms. The van der Waals surface area contributed by atoms with Crippen molar-refractivity contribution in [1.82, 2.24) is 15.5 Å². The van der Waals surface area contributed by atoms with Crippen molar-refractivity contribution in [2.45, 2.75) is 32.5 Å². The summed E-state index contributed by atoms with van der Waals surface area (Å²) in [6.45, 7) is 5.26. The van der Waals surface area contributed by atoms with Crippen LogP contribution >= 0.6 is 24.0 Å². The van der Waals surface area contributed by atoms with Crippen molar-refractivity contribution >= 4 is 29.9 Å². The van der Waals surface area contributed by atoms with Crippen molar-refractivity contribution in [3.8, 4) is 5.75 Å². The van der Waals surface area contributed by atoms with Crippen molar-refractivity contribution in [1.29, 1.82) is 0 Å². The normalized spacial score (nSPS) is 19.1. The average Bonchev–Trinajstić information content (AvgIpc) is 3.00. The number of likely N-dealkylation sites (tertiary alicyclic amines) is 1. The van der Waals surface area contributed by atoms with Crippen LogP contribution < -0.4 is 15.4 Å². The number of hydrogen-bond acceptors (Lipinski definition) is 3. The summed E-state index contributed by atoms with van der Waals surface area (Å²) < 4.78 is 43.2. The Morgan fingerprint density at radius 3 is 2.75 bits per heavy atom. The van der Waals surface area contributed by atoms with E-state index in [1.165, 1.54) is 4.90 Å². The molecule has 0 aliphatic carbocycles. The van der Waals surface area contributed by atoms with Gasteiger partial charge in [-0.2, -0.15) is 13.2 Å². The minimum absolute atomic E-state index is 0. The smallest absolute Gasteiger partial charge is 0.401 e. The molecule has 0 amide bonds. The molecule has 1 heterocycles. The number of nitrogens with one attached hydrogen (secondary N) is 2. The highest BCUT2D eigenvalue weighted by Gasteiger charge is 2.34. The second-order valence-electron chi connectivity index (χ2n) is 7.08. The minimum Gasteiger partial charge on any atom is -0.489 e. The fourth-order valence-electron chi connectivity index (χ4n) is 3.14. The van der Waals surface area contributed by atoms with E-state index in [0.29, 0.717) is 32.1 Å². The number of rotatable bonds is 7. The quantitative estimate of drug-likeness (QED) is 0.333. The fourth-order valence-corrected chi connectivity index (χ4v) is 3.14. The molecule has 0 saturated carbocycles. The maximum absolute atomic E-state index is 12.5. The van der Waals surface area contributed by atoms with Gasteiger partial charge in [-0.05, 0) is 50.4 Å². The van der Waals surface area contributed by atoms with Gasteiger partial charge in [0.05, 0.1) is 13.1 Å². The van der Waals surface area contributed by atoms with E-state index >= 15 is 0 Å². The van der Waals surface area contributed by atoms with E-state index in [1.54, 1.807) is 7.05 Å². The van der Waals surface area contributed by atoms with Crippen LogP contribution in [0.5, 0.6) is 5.75 Å². The van der Waals surface area contributed by atoms with Crippen molar-refractivity contribution < 1.29 is 17.9 Å². The third kappa shape index (κ3) is 9.31. The van der Waals surface area contributed by atoms with Gasteiger partial charge in [-0.3, -0.25) is 9.89 Å². The molecule has 1 aromatic carbocycles. The Morgan fingerprint density at radius 2 is 2.11 bits per heavy atom. The lowest BCUT2D eigenvalue weighted by molar-refractivity contribution is -0.143. The topological polar surface area (TPSA) is 48.9 Å². The maximum atomic E-state index is 12.5. The molecular formula is C19H30F3IN4O. The number of aryl methyl sites for hydroxylation is 1. The maximum Gasteiger partial charge on any atom is 0.401 e.